The molecule has 22 heavy (non-hydrogen) atoms. The van der Waals surface area contributed by atoms with Crippen LogP contribution in [-0.2, 0) is 4.79 Å². The summed E-state index contributed by atoms with van der Waals surface area (Å²) in [6.07, 6.45) is 1.53. The molecule has 1 amide bonds. The number of hydrogen-bond donors (Lipinski definition) is 2. The molecule has 0 unspecified atom stereocenters. The van der Waals surface area contributed by atoms with Crippen molar-refractivity contribution in [2.75, 3.05) is 11.9 Å². The van der Waals surface area contributed by atoms with Crippen LogP contribution in [0.25, 0.3) is 0 Å². The fourth-order valence-electron chi connectivity index (χ4n) is 1.81. The summed E-state index contributed by atoms with van der Waals surface area (Å²) in [5.41, 5.74) is 5.86. The van der Waals surface area contributed by atoms with Gasteiger partial charge < -0.3 is 5.32 Å². The summed E-state index contributed by atoms with van der Waals surface area (Å²) < 4.78 is 0. The third kappa shape index (κ3) is 4.46. The molecule has 0 aliphatic carbocycles. The van der Waals surface area contributed by atoms with Crippen molar-refractivity contribution >= 4 is 17.8 Å². The molecule has 0 atom stereocenters. The predicted octanol–water partition coefficient (Wildman–Crippen LogP) is 2.43. The molecule has 2 N–H and O–H groups in total. The Balaban J connectivity index is 1.81. The average molecular weight is 292 g/mol. The lowest BCUT2D eigenvalue weighted by atomic mass is 10.2. The van der Waals surface area contributed by atoms with Crippen molar-refractivity contribution in [2.45, 2.75) is 6.92 Å². The van der Waals surface area contributed by atoms with Crippen molar-refractivity contribution < 1.29 is 4.79 Å². The molecule has 2 rings (SSSR count). The van der Waals surface area contributed by atoms with Crippen LogP contribution >= 0.6 is 0 Å². The summed E-state index contributed by atoms with van der Waals surface area (Å²) in [7, 11) is 0. The normalized spacial score (nSPS) is 10.2. The first-order chi connectivity index (χ1) is 10.7. The number of amides is 1. The monoisotopic (exact) mass is 292 g/mol. The maximum Gasteiger partial charge on any atom is 0.259 e. The highest BCUT2D eigenvalue weighted by atomic mass is 16.2. The van der Waals surface area contributed by atoms with Gasteiger partial charge in [-0.25, -0.2) is 5.43 Å². The molecular formula is C17H16N4O. The van der Waals surface area contributed by atoms with Gasteiger partial charge in [0.1, 0.15) is 0 Å². The van der Waals surface area contributed by atoms with Crippen LogP contribution in [0.5, 0.6) is 0 Å². The van der Waals surface area contributed by atoms with Crippen molar-refractivity contribution in [3.63, 3.8) is 0 Å². The van der Waals surface area contributed by atoms with Gasteiger partial charge in [0.05, 0.1) is 24.4 Å². The minimum absolute atomic E-state index is 0.148. The molecule has 2 aromatic carbocycles. The van der Waals surface area contributed by atoms with Crippen molar-refractivity contribution in [1.82, 2.24) is 5.43 Å². The lowest BCUT2D eigenvalue weighted by Crippen LogP contribution is -2.26. The Hall–Kier alpha value is -3.13. The summed E-state index contributed by atoms with van der Waals surface area (Å²) in [6.45, 7) is 2.12. The molecular weight excluding hydrogens is 276 g/mol. The summed E-state index contributed by atoms with van der Waals surface area (Å²) in [4.78, 5) is 11.7. The van der Waals surface area contributed by atoms with Crippen molar-refractivity contribution in [3.05, 3.63) is 65.2 Å². The van der Waals surface area contributed by atoms with E-state index in [0.717, 1.165) is 16.8 Å². The van der Waals surface area contributed by atoms with Crippen LogP contribution in [-0.4, -0.2) is 18.7 Å². The van der Waals surface area contributed by atoms with E-state index >= 15 is 0 Å². The largest absolute Gasteiger partial charge is 0.376 e. The number of benzene rings is 2. The number of carbonyl (C=O) groups is 1. The van der Waals surface area contributed by atoms with E-state index in [9.17, 15) is 4.79 Å². The molecule has 0 aliphatic heterocycles. The van der Waals surface area contributed by atoms with Gasteiger partial charge in [0.15, 0.2) is 0 Å². The van der Waals surface area contributed by atoms with Crippen LogP contribution in [0.4, 0.5) is 5.69 Å². The summed E-state index contributed by atoms with van der Waals surface area (Å²) in [5, 5.41) is 15.6. The highest BCUT2D eigenvalue weighted by Gasteiger charge is 2.01. The second kappa shape index (κ2) is 7.60. The van der Waals surface area contributed by atoms with Gasteiger partial charge in [-0.2, -0.15) is 10.4 Å². The zero-order valence-electron chi connectivity index (χ0n) is 12.2. The lowest BCUT2D eigenvalue weighted by molar-refractivity contribution is -0.119. The summed E-state index contributed by atoms with van der Waals surface area (Å²) in [5.74, 6) is -0.229. The summed E-state index contributed by atoms with van der Waals surface area (Å²) >= 11 is 0. The SMILES string of the molecule is Cc1ccccc1NCC(=O)N/N=C\c1ccc(C#N)cc1. The van der Waals surface area contributed by atoms with Crippen LogP contribution in [0, 0.1) is 18.3 Å². The van der Waals surface area contributed by atoms with Gasteiger partial charge in [0, 0.05) is 5.69 Å². The van der Waals surface area contributed by atoms with Crippen LogP contribution in [0.1, 0.15) is 16.7 Å². The molecule has 0 aliphatic rings. The number of hydrazone groups is 1. The van der Waals surface area contributed by atoms with E-state index in [1.54, 1.807) is 24.3 Å². The number of carbonyl (C=O) groups excluding carboxylic acids is 1. The Bertz CT molecular complexity index is 714. The van der Waals surface area contributed by atoms with E-state index in [1.807, 2.05) is 37.3 Å². The smallest absolute Gasteiger partial charge is 0.259 e. The number of para-hydroxylation sites is 1. The van der Waals surface area contributed by atoms with Gasteiger partial charge in [-0.15, -0.1) is 0 Å². The van der Waals surface area contributed by atoms with E-state index in [1.165, 1.54) is 6.21 Å². The Morgan fingerprint density at radius 1 is 1.23 bits per heavy atom. The number of nitrogens with zero attached hydrogens (tertiary/aromatic N) is 2. The second-order valence-electron chi connectivity index (χ2n) is 4.70. The third-order valence-corrected chi connectivity index (χ3v) is 3.03. The molecule has 0 spiro atoms. The second-order valence-corrected chi connectivity index (χ2v) is 4.70. The molecule has 5 nitrogen and oxygen atoms in total. The van der Waals surface area contributed by atoms with Gasteiger partial charge in [-0.1, -0.05) is 30.3 Å². The Labute approximate surface area is 129 Å². The predicted molar refractivity (Wildman–Crippen MR) is 86.6 cm³/mol. The number of anilines is 1. The number of aryl methyl sites for hydroxylation is 1. The zero-order valence-corrected chi connectivity index (χ0v) is 12.2. The average Bonchev–Trinajstić information content (AvgIpc) is 2.55. The minimum atomic E-state index is -0.229. The molecule has 0 heterocycles. The highest BCUT2D eigenvalue weighted by molar-refractivity contribution is 5.84. The first kappa shape index (κ1) is 15.3. The van der Waals surface area contributed by atoms with E-state index < -0.39 is 0 Å². The van der Waals surface area contributed by atoms with E-state index in [2.05, 4.69) is 15.8 Å². The van der Waals surface area contributed by atoms with E-state index in [4.69, 9.17) is 5.26 Å². The van der Waals surface area contributed by atoms with Gasteiger partial charge in [0.2, 0.25) is 0 Å². The van der Waals surface area contributed by atoms with E-state index in [-0.39, 0.29) is 12.5 Å². The lowest BCUT2D eigenvalue weighted by Gasteiger charge is -2.07. The van der Waals surface area contributed by atoms with Crippen molar-refractivity contribution in [1.29, 1.82) is 5.26 Å². The van der Waals surface area contributed by atoms with Crippen LogP contribution in [0.3, 0.4) is 0 Å². The zero-order chi connectivity index (χ0) is 15.8. The third-order valence-electron chi connectivity index (χ3n) is 3.03. The molecule has 0 radical (unpaired) electrons. The minimum Gasteiger partial charge on any atom is -0.376 e. The fourth-order valence-corrected chi connectivity index (χ4v) is 1.81. The molecule has 0 saturated heterocycles. The van der Waals surface area contributed by atoms with E-state index in [0.29, 0.717) is 5.56 Å². The number of nitriles is 1. The van der Waals surface area contributed by atoms with Crippen molar-refractivity contribution in [3.8, 4) is 6.07 Å². The van der Waals surface area contributed by atoms with Gasteiger partial charge in [-0.05, 0) is 36.2 Å². The van der Waals surface area contributed by atoms with Gasteiger partial charge >= 0.3 is 0 Å². The Kier molecular flexibility index (Phi) is 5.27. The van der Waals surface area contributed by atoms with Gasteiger partial charge in [-0.3, -0.25) is 4.79 Å². The molecule has 0 bridgehead atoms. The van der Waals surface area contributed by atoms with Gasteiger partial charge in [0.25, 0.3) is 5.91 Å². The fraction of sp³-hybridized carbons (Fsp3) is 0.118. The Morgan fingerprint density at radius 2 is 1.95 bits per heavy atom. The number of nitrogens with one attached hydrogen (secondary N) is 2. The van der Waals surface area contributed by atoms with Crippen LogP contribution in [0.2, 0.25) is 0 Å². The maximum atomic E-state index is 11.7. The van der Waals surface area contributed by atoms with Crippen LogP contribution in [0.15, 0.2) is 53.6 Å². The topological polar surface area (TPSA) is 77.3 Å². The van der Waals surface area contributed by atoms with Crippen LogP contribution < -0.4 is 10.7 Å². The molecule has 0 aromatic heterocycles. The standard InChI is InChI=1S/C17H16N4O/c1-13-4-2-3-5-16(13)19-12-17(22)21-20-11-15-8-6-14(10-18)7-9-15/h2-9,11,19H,12H2,1H3,(H,21,22)/b20-11-. The Morgan fingerprint density at radius 3 is 2.64 bits per heavy atom. The quantitative estimate of drug-likeness (QED) is 0.656. The maximum absolute atomic E-state index is 11.7. The number of rotatable bonds is 5. The van der Waals surface area contributed by atoms with Crippen molar-refractivity contribution in [2.24, 2.45) is 5.10 Å². The molecule has 110 valence electrons. The molecule has 2 aromatic rings. The molecule has 0 saturated carbocycles. The molecule has 5 heteroatoms. The first-order valence-corrected chi connectivity index (χ1v) is 6.80. The molecule has 0 fully saturated rings. The number of hydrogen-bond acceptors (Lipinski definition) is 4. The summed E-state index contributed by atoms with van der Waals surface area (Å²) in [6, 6.07) is 16.7. The first-order valence-electron chi connectivity index (χ1n) is 6.80. The highest BCUT2D eigenvalue weighted by Crippen LogP contribution is 2.12.